The van der Waals surface area contributed by atoms with Crippen molar-refractivity contribution in [2.24, 2.45) is 10.7 Å². The highest BCUT2D eigenvalue weighted by Gasteiger charge is 2.45. The lowest BCUT2D eigenvalue weighted by molar-refractivity contribution is -0.116. The molecule has 2 aliphatic heterocycles. The fraction of sp³-hybridized carbons (Fsp3) is 0.148. The van der Waals surface area contributed by atoms with E-state index >= 15 is 0 Å². The van der Waals surface area contributed by atoms with Crippen molar-refractivity contribution in [2.75, 3.05) is 4.90 Å². The van der Waals surface area contributed by atoms with Gasteiger partial charge in [0.15, 0.2) is 11.6 Å². The maximum absolute atomic E-state index is 13.8. The number of ketones is 1. The minimum Gasteiger partial charge on any atom is -0.383 e. The van der Waals surface area contributed by atoms with E-state index in [1.165, 1.54) is 12.1 Å². The van der Waals surface area contributed by atoms with Crippen LogP contribution in [0.1, 0.15) is 40.7 Å². The molecule has 0 spiro atoms. The summed E-state index contributed by atoms with van der Waals surface area (Å²) in [7, 11) is 0. The molecule has 2 N–H and O–H groups in total. The molecule has 166 valence electrons. The summed E-state index contributed by atoms with van der Waals surface area (Å²) < 4.78 is 13.7. The van der Waals surface area contributed by atoms with Gasteiger partial charge in [-0.05, 0) is 47.7 Å². The molecule has 2 atom stereocenters. The number of carbonyl (C=O) groups is 1. The van der Waals surface area contributed by atoms with Crippen LogP contribution in [0.5, 0.6) is 0 Å². The van der Waals surface area contributed by atoms with E-state index in [4.69, 9.17) is 5.73 Å². The summed E-state index contributed by atoms with van der Waals surface area (Å²) >= 11 is 1.64. The number of amidine groups is 1. The summed E-state index contributed by atoms with van der Waals surface area (Å²) in [6.07, 6.45) is 0.997. The van der Waals surface area contributed by atoms with Crippen molar-refractivity contribution in [3.05, 3.63) is 111 Å². The van der Waals surface area contributed by atoms with Crippen LogP contribution in [0.2, 0.25) is 0 Å². The van der Waals surface area contributed by atoms with Gasteiger partial charge in [0.25, 0.3) is 0 Å². The van der Waals surface area contributed by atoms with E-state index in [1.54, 1.807) is 23.5 Å². The van der Waals surface area contributed by atoms with Crippen LogP contribution in [0, 0.1) is 17.1 Å². The van der Waals surface area contributed by atoms with Crippen LogP contribution in [0.4, 0.5) is 10.1 Å². The Morgan fingerprint density at radius 3 is 2.62 bits per heavy atom. The second-order valence-corrected chi connectivity index (χ2v) is 9.57. The van der Waals surface area contributed by atoms with Gasteiger partial charge in [-0.25, -0.2) is 9.38 Å². The normalized spacial score (nSPS) is 21.5. The number of nitriles is 1. The Kier molecular flexibility index (Phi) is 4.71. The number of carbonyl (C=O) groups excluding carboxylic acids is 1. The Labute approximate surface area is 200 Å². The molecule has 3 aromatic rings. The van der Waals surface area contributed by atoms with Crippen molar-refractivity contribution < 1.29 is 9.18 Å². The summed E-state index contributed by atoms with van der Waals surface area (Å²) in [5.41, 5.74) is 10.3. The standard InChI is InChI=1S/C27H19FN4OS/c28-17-9-7-15(8-10-17)24-19(14-29)27-31-26(30)18-4-1-2-5-20(18)32(27)21-12-16(13-22(33)25(21)24)23-6-3-11-34-23/h1-11,16,24H,12-13H2,(H2,30,31). The lowest BCUT2D eigenvalue weighted by atomic mass is 9.72. The summed E-state index contributed by atoms with van der Waals surface area (Å²) in [6.45, 7) is 0. The molecular weight excluding hydrogens is 447 g/mol. The highest BCUT2D eigenvalue weighted by molar-refractivity contribution is 7.10. The summed E-state index contributed by atoms with van der Waals surface area (Å²) in [5, 5.41) is 12.3. The quantitative estimate of drug-likeness (QED) is 0.552. The third kappa shape index (κ3) is 3.03. The molecule has 2 unspecified atom stereocenters. The van der Waals surface area contributed by atoms with Crippen molar-refractivity contribution in [3.63, 3.8) is 0 Å². The van der Waals surface area contributed by atoms with Crippen LogP contribution in [0.3, 0.4) is 0 Å². The number of aliphatic imine (C=N–C) groups is 1. The summed E-state index contributed by atoms with van der Waals surface area (Å²) in [4.78, 5) is 21.5. The zero-order chi connectivity index (χ0) is 23.4. The van der Waals surface area contributed by atoms with E-state index in [9.17, 15) is 14.4 Å². The lowest BCUT2D eigenvalue weighted by Gasteiger charge is -2.43. The third-order valence-corrected chi connectivity index (χ3v) is 7.73. The first kappa shape index (κ1) is 20.6. The van der Waals surface area contributed by atoms with Crippen molar-refractivity contribution in [1.29, 1.82) is 5.26 Å². The van der Waals surface area contributed by atoms with E-state index in [1.807, 2.05) is 40.6 Å². The molecule has 0 amide bonds. The number of anilines is 1. The predicted octanol–water partition coefficient (Wildman–Crippen LogP) is 5.35. The average Bonchev–Trinajstić information content (AvgIpc) is 3.39. The third-order valence-electron chi connectivity index (χ3n) is 6.70. The van der Waals surface area contributed by atoms with Crippen LogP contribution in [0.25, 0.3) is 0 Å². The zero-order valence-electron chi connectivity index (χ0n) is 18.0. The van der Waals surface area contributed by atoms with Crippen LogP contribution in [0.15, 0.2) is 93.7 Å². The highest BCUT2D eigenvalue weighted by Crippen LogP contribution is 2.52. The van der Waals surface area contributed by atoms with Gasteiger partial charge in [-0.1, -0.05) is 30.3 Å². The molecule has 0 radical (unpaired) electrons. The maximum Gasteiger partial charge on any atom is 0.162 e. The summed E-state index contributed by atoms with van der Waals surface area (Å²) in [5.74, 6) is -0.186. The van der Waals surface area contributed by atoms with Crippen LogP contribution >= 0.6 is 11.3 Å². The van der Waals surface area contributed by atoms with E-state index in [2.05, 4.69) is 17.1 Å². The Bertz CT molecular complexity index is 1460. The molecule has 5 nitrogen and oxygen atoms in total. The molecule has 34 heavy (non-hydrogen) atoms. The number of Topliss-reactive ketones (excluding diaryl/α,β-unsaturated/α-hetero) is 1. The smallest absolute Gasteiger partial charge is 0.162 e. The number of nitrogens with two attached hydrogens (primary N) is 1. The van der Waals surface area contributed by atoms with Gasteiger partial charge < -0.3 is 5.73 Å². The minimum absolute atomic E-state index is 0.000723. The molecule has 0 fully saturated rings. The topological polar surface area (TPSA) is 82.5 Å². The van der Waals surface area contributed by atoms with Gasteiger partial charge in [-0.2, -0.15) is 5.26 Å². The zero-order valence-corrected chi connectivity index (χ0v) is 18.8. The van der Waals surface area contributed by atoms with Crippen molar-refractivity contribution in [1.82, 2.24) is 0 Å². The molecule has 1 aliphatic carbocycles. The largest absolute Gasteiger partial charge is 0.383 e. The number of rotatable bonds is 2. The first-order valence-corrected chi connectivity index (χ1v) is 11.9. The van der Waals surface area contributed by atoms with E-state index < -0.39 is 5.92 Å². The Hall–Kier alpha value is -4.02. The molecule has 3 aliphatic rings. The predicted molar refractivity (Wildman–Crippen MR) is 130 cm³/mol. The van der Waals surface area contributed by atoms with Gasteiger partial charge in [-0.3, -0.25) is 9.69 Å². The Morgan fingerprint density at radius 2 is 1.88 bits per heavy atom. The lowest BCUT2D eigenvalue weighted by Crippen LogP contribution is -2.40. The molecule has 6 rings (SSSR count). The van der Waals surface area contributed by atoms with Crippen LogP contribution in [-0.4, -0.2) is 11.6 Å². The second-order valence-electron chi connectivity index (χ2n) is 8.59. The first-order chi connectivity index (χ1) is 16.6. The Morgan fingerprint density at radius 1 is 1.09 bits per heavy atom. The monoisotopic (exact) mass is 466 g/mol. The van der Waals surface area contributed by atoms with E-state index in [0.717, 1.165) is 21.8 Å². The number of nitrogens with zero attached hydrogens (tertiary/aromatic N) is 3. The fourth-order valence-corrected chi connectivity index (χ4v) is 6.06. The first-order valence-electron chi connectivity index (χ1n) is 11.0. The molecular formula is C27H19FN4OS. The molecule has 2 aromatic carbocycles. The van der Waals surface area contributed by atoms with Gasteiger partial charge in [0.05, 0.1) is 23.2 Å². The molecule has 1 aromatic heterocycles. The van der Waals surface area contributed by atoms with E-state index in [0.29, 0.717) is 41.2 Å². The Balaban J connectivity index is 1.62. The van der Waals surface area contributed by atoms with Crippen molar-refractivity contribution >= 4 is 28.6 Å². The number of fused-ring (bicyclic) bond motifs is 4. The van der Waals surface area contributed by atoms with Gasteiger partial charge in [0.2, 0.25) is 0 Å². The van der Waals surface area contributed by atoms with Gasteiger partial charge >= 0.3 is 0 Å². The van der Waals surface area contributed by atoms with Crippen LogP contribution < -0.4 is 10.6 Å². The van der Waals surface area contributed by atoms with Crippen LogP contribution in [-0.2, 0) is 4.79 Å². The molecule has 7 heteroatoms. The minimum atomic E-state index is -0.620. The number of allylic oxidation sites excluding steroid dienone is 3. The van der Waals surface area contributed by atoms with Crippen molar-refractivity contribution in [2.45, 2.75) is 24.7 Å². The highest BCUT2D eigenvalue weighted by atomic mass is 32.1. The van der Waals surface area contributed by atoms with Gasteiger partial charge in [-0.15, -0.1) is 11.3 Å². The number of hydrogen-bond donors (Lipinski definition) is 1. The average molecular weight is 467 g/mol. The molecule has 0 bridgehead atoms. The van der Waals surface area contributed by atoms with Gasteiger partial charge in [0, 0.05) is 34.0 Å². The van der Waals surface area contributed by atoms with Gasteiger partial charge in [0.1, 0.15) is 11.7 Å². The maximum atomic E-state index is 13.8. The SMILES string of the molecule is N#CC1=C2N=C(N)c3ccccc3N2C2=C(C(=O)CC(c3cccs3)C2)C1c1ccc(F)cc1. The number of para-hydroxylation sites is 1. The number of thiophene rings is 1. The van der Waals surface area contributed by atoms with E-state index in [-0.39, 0.29) is 17.5 Å². The second kappa shape index (κ2) is 7.79. The number of halogens is 1. The number of benzene rings is 2. The summed E-state index contributed by atoms with van der Waals surface area (Å²) in [6, 6.07) is 20.0. The number of hydrogen-bond acceptors (Lipinski definition) is 6. The van der Waals surface area contributed by atoms with Crippen molar-refractivity contribution in [3.8, 4) is 6.07 Å². The fourth-order valence-electron chi connectivity index (χ4n) is 5.23. The molecule has 0 saturated heterocycles. The molecule has 3 heterocycles. The molecule has 0 saturated carbocycles.